The average Bonchev–Trinajstić information content (AvgIpc) is 2.46. The topological polar surface area (TPSA) is 46.6 Å². The summed E-state index contributed by atoms with van der Waals surface area (Å²) in [7, 11) is 0. The number of hydrogen-bond acceptors (Lipinski definition) is 3. The molecule has 1 amide bonds. The van der Waals surface area contributed by atoms with Crippen molar-refractivity contribution in [2.24, 2.45) is 5.92 Å². The van der Waals surface area contributed by atoms with Crippen molar-refractivity contribution in [2.45, 2.75) is 33.6 Å². The van der Waals surface area contributed by atoms with Crippen LogP contribution in [-0.4, -0.2) is 36.5 Å². The highest BCUT2D eigenvalue weighted by Gasteiger charge is 2.18. The highest BCUT2D eigenvalue weighted by atomic mass is 19.1. The van der Waals surface area contributed by atoms with Gasteiger partial charge < -0.3 is 9.64 Å². The second-order valence-electron chi connectivity index (χ2n) is 5.54. The van der Waals surface area contributed by atoms with Gasteiger partial charge in [-0.05, 0) is 37.5 Å². The SMILES string of the molecule is CCOC(=O)CCN(CCC(C)C)C(=O)c1cccc(F)c1. The van der Waals surface area contributed by atoms with Crippen LogP contribution in [0.15, 0.2) is 24.3 Å². The molecule has 5 heteroatoms. The summed E-state index contributed by atoms with van der Waals surface area (Å²) in [6, 6.07) is 5.61. The summed E-state index contributed by atoms with van der Waals surface area (Å²) in [6.45, 7) is 7.01. The Hall–Kier alpha value is -1.91. The van der Waals surface area contributed by atoms with Gasteiger partial charge in [-0.25, -0.2) is 4.39 Å². The maximum atomic E-state index is 13.3. The molecule has 0 radical (unpaired) electrons. The summed E-state index contributed by atoms with van der Waals surface area (Å²) in [5.74, 6) is -0.598. The minimum absolute atomic E-state index is 0.146. The Kier molecular flexibility index (Phi) is 7.57. The van der Waals surface area contributed by atoms with Crippen LogP contribution in [0.2, 0.25) is 0 Å². The number of nitrogens with zero attached hydrogens (tertiary/aromatic N) is 1. The molecule has 0 aliphatic rings. The van der Waals surface area contributed by atoms with Crippen LogP contribution in [0.3, 0.4) is 0 Å². The fourth-order valence-corrected chi connectivity index (χ4v) is 1.99. The molecule has 1 aromatic rings. The van der Waals surface area contributed by atoms with E-state index in [0.29, 0.717) is 24.6 Å². The van der Waals surface area contributed by atoms with Gasteiger partial charge in [0.15, 0.2) is 0 Å². The van der Waals surface area contributed by atoms with E-state index in [1.807, 2.05) is 0 Å². The lowest BCUT2D eigenvalue weighted by Crippen LogP contribution is -2.34. The van der Waals surface area contributed by atoms with Gasteiger partial charge in [-0.2, -0.15) is 0 Å². The molecular weight excluding hydrogens is 285 g/mol. The van der Waals surface area contributed by atoms with E-state index in [1.165, 1.54) is 18.2 Å². The Balaban J connectivity index is 2.75. The first-order valence-electron chi connectivity index (χ1n) is 7.64. The molecule has 0 atom stereocenters. The predicted molar refractivity (Wildman–Crippen MR) is 83.0 cm³/mol. The lowest BCUT2D eigenvalue weighted by atomic mass is 10.1. The Morgan fingerprint density at radius 2 is 2.00 bits per heavy atom. The second kappa shape index (κ2) is 9.18. The fourth-order valence-electron chi connectivity index (χ4n) is 1.99. The third kappa shape index (κ3) is 6.24. The number of carbonyl (C=O) groups is 2. The predicted octanol–water partition coefficient (Wildman–Crippen LogP) is 3.27. The van der Waals surface area contributed by atoms with Crippen LogP contribution >= 0.6 is 0 Å². The van der Waals surface area contributed by atoms with Gasteiger partial charge in [0.2, 0.25) is 0 Å². The van der Waals surface area contributed by atoms with E-state index in [0.717, 1.165) is 6.42 Å². The maximum Gasteiger partial charge on any atom is 0.307 e. The first kappa shape index (κ1) is 18.1. The van der Waals surface area contributed by atoms with Crippen molar-refractivity contribution >= 4 is 11.9 Å². The van der Waals surface area contributed by atoms with Crippen molar-refractivity contribution in [3.63, 3.8) is 0 Å². The third-order valence-corrected chi connectivity index (χ3v) is 3.23. The molecule has 1 rings (SSSR count). The molecule has 0 saturated heterocycles. The normalized spacial score (nSPS) is 10.6. The van der Waals surface area contributed by atoms with Crippen molar-refractivity contribution in [3.8, 4) is 0 Å². The van der Waals surface area contributed by atoms with Crippen LogP contribution in [-0.2, 0) is 9.53 Å². The van der Waals surface area contributed by atoms with Gasteiger partial charge in [0.25, 0.3) is 5.91 Å². The molecule has 0 aliphatic carbocycles. The van der Waals surface area contributed by atoms with E-state index in [4.69, 9.17) is 4.74 Å². The van der Waals surface area contributed by atoms with Crippen molar-refractivity contribution < 1.29 is 18.7 Å². The van der Waals surface area contributed by atoms with Crippen LogP contribution in [0.4, 0.5) is 4.39 Å². The Labute approximate surface area is 131 Å². The van der Waals surface area contributed by atoms with Crippen molar-refractivity contribution in [2.75, 3.05) is 19.7 Å². The monoisotopic (exact) mass is 309 g/mol. The zero-order valence-corrected chi connectivity index (χ0v) is 13.5. The third-order valence-electron chi connectivity index (χ3n) is 3.23. The van der Waals surface area contributed by atoms with E-state index >= 15 is 0 Å². The molecule has 0 fully saturated rings. The van der Waals surface area contributed by atoms with E-state index < -0.39 is 5.82 Å². The summed E-state index contributed by atoms with van der Waals surface area (Å²) < 4.78 is 18.2. The van der Waals surface area contributed by atoms with Crippen LogP contribution in [0.5, 0.6) is 0 Å². The average molecular weight is 309 g/mol. The molecule has 0 bridgehead atoms. The highest BCUT2D eigenvalue weighted by molar-refractivity contribution is 5.94. The molecule has 1 aromatic carbocycles. The summed E-state index contributed by atoms with van der Waals surface area (Å²) >= 11 is 0. The van der Waals surface area contributed by atoms with E-state index in [9.17, 15) is 14.0 Å². The number of esters is 1. The zero-order chi connectivity index (χ0) is 16.5. The molecule has 0 aromatic heterocycles. The minimum atomic E-state index is -0.444. The number of rotatable bonds is 8. The zero-order valence-electron chi connectivity index (χ0n) is 13.5. The lowest BCUT2D eigenvalue weighted by Gasteiger charge is -2.23. The van der Waals surface area contributed by atoms with Gasteiger partial charge in [-0.1, -0.05) is 19.9 Å². The molecule has 0 aliphatic heterocycles. The standard InChI is InChI=1S/C17H24FNO3/c1-4-22-16(20)9-11-19(10-8-13(2)3)17(21)14-6-5-7-15(18)12-14/h5-7,12-13H,4,8-11H2,1-3H3. The van der Waals surface area contributed by atoms with Gasteiger partial charge in [0, 0.05) is 18.7 Å². The van der Waals surface area contributed by atoms with Crippen LogP contribution in [0, 0.1) is 11.7 Å². The van der Waals surface area contributed by atoms with Crippen LogP contribution in [0.25, 0.3) is 0 Å². The molecular formula is C17H24FNO3. The maximum absolute atomic E-state index is 13.3. The second-order valence-corrected chi connectivity index (χ2v) is 5.54. The van der Waals surface area contributed by atoms with Crippen LogP contribution < -0.4 is 0 Å². The molecule has 122 valence electrons. The summed E-state index contributed by atoms with van der Waals surface area (Å²) in [5.41, 5.74) is 0.299. The number of benzene rings is 1. The van der Waals surface area contributed by atoms with Crippen molar-refractivity contribution in [1.82, 2.24) is 4.90 Å². The molecule has 22 heavy (non-hydrogen) atoms. The summed E-state index contributed by atoms with van der Waals surface area (Å²) in [5, 5.41) is 0. The molecule has 0 saturated carbocycles. The lowest BCUT2D eigenvalue weighted by molar-refractivity contribution is -0.143. The molecule has 0 N–H and O–H groups in total. The Bertz CT molecular complexity index is 502. The molecule has 0 heterocycles. The number of ether oxygens (including phenoxy) is 1. The smallest absolute Gasteiger partial charge is 0.307 e. The molecule has 0 spiro atoms. The molecule has 0 unspecified atom stereocenters. The fraction of sp³-hybridized carbons (Fsp3) is 0.529. The minimum Gasteiger partial charge on any atom is -0.466 e. The number of halogens is 1. The van der Waals surface area contributed by atoms with Gasteiger partial charge in [0.05, 0.1) is 13.0 Å². The van der Waals surface area contributed by atoms with Crippen LogP contribution in [0.1, 0.15) is 44.0 Å². The number of carbonyl (C=O) groups excluding carboxylic acids is 2. The van der Waals surface area contributed by atoms with Gasteiger partial charge in [0.1, 0.15) is 5.82 Å². The number of hydrogen-bond donors (Lipinski definition) is 0. The summed E-state index contributed by atoms with van der Waals surface area (Å²) in [6.07, 6.45) is 0.969. The largest absolute Gasteiger partial charge is 0.466 e. The first-order chi connectivity index (χ1) is 10.4. The van der Waals surface area contributed by atoms with E-state index in [1.54, 1.807) is 17.9 Å². The van der Waals surface area contributed by atoms with Crippen molar-refractivity contribution in [1.29, 1.82) is 0 Å². The molecule has 4 nitrogen and oxygen atoms in total. The Morgan fingerprint density at radius 1 is 1.27 bits per heavy atom. The Morgan fingerprint density at radius 3 is 2.59 bits per heavy atom. The van der Waals surface area contributed by atoms with E-state index in [2.05, 4.69) is 13.8 Å². The van der Waals surface area contributed by atoms with Gasteiger partial charge in [-0.15, -0.1) is 0 Å². The number of amides is 1. The van der Waals surface area contributed by atoms with Gasteiger partial charge in [-0.3, -0.25) is 9.59 Å². The van der Waals surface area contributed by atoms with Gasteiger partial charge >= 0.3 is 5.97 Å². The van der Waals surface area contributed by atoms with Crippen molar-refractivity contribution in [3.05, 3.63) is 35.6 Å². The quantitative estimate of drug-likeness (QED) is 0.692. The highest BCUT2D eigenvalue weighted by Crippen LogP contribution is 2.11. The van der Waals surface area contributed by atoms with E-state index in [-0.39, 0.29) is 24.8 Å². The summed E-state index contributed by atoms with van der Waals surface area (Å²) in [4.78, 5) is 25.6. The first-order valence-corrected chi connectivity index (χ1v) is 7.64.